The molecule has 28 heavy (non-hydrogen) atoms. The number of benzene rings is 1. The lowest BCUT2D eigenvalue weighted by Crippen LogP contribution is -3.00. The fraction of sp³-hybridized carbons (Fsp3) is 0.682. The number of aliphatic hydroxyl groups excluding tert-OH is 1. The van der Waals surface area contributed by atoms with Gasteiger partial charge in [-0.2, -0.15) is 0 Å². The van der Waals surface area contributed by atoms with Gasteiger partial charge >= 0.3 is 5.97 Å². The normalized spacial score (nSPS) is 31.5. The molecule has 1 aromatic rings. The number of quaternary nitrogens is 1. The summed E-state index contributed by atoms with van der Waals surface area (Å²) in [7, 11) is 2.87. The van der Waals surface area contributed by atoms with Crippen LogP contribution in [0.15, 0.2) is 18.2 Å². The van der Waals surface area contributed by atoms with Gasteiger partial charge in [-0.3, -0.25) is 0 Å². The molecule has 6 heteroatoms. The summed E-state index contributed by atoms with van der Waals surface area (Å²) in [6, 6.07) is 4.91. The Bertz CT molecular complexity index is 684. The van der Waals surface area contributed by atoms with Crippen molar-refractivity contribution in [3.8, 4) is 11.5 Å². The van der Waals surface area contributed by atoms with Crippen molar-refractivity contribution in [2.75, 3.05) is 27.4 Å². The van der Waals surface area contributed by atoms with E-state index < -0.39 is 12.1 Å². The van der Waals surface area contributed by atoms with Crippen LogP contribution in [0, 0.1) is 17.8 Å². The van der Waals surface area contributed by atoms with Crippen LogP contribution in [0.1, 0.15) is 48.9 Å². The fourth-order valence-corrected chi connectivity index (χ4v) is 6.10. The molecule has 0 aromatic heterocycles. The van der Waals surface area contributed by atoms with Crippen molar-refractivity contribution < 1.29 is 29.4 Å². The maximum Gasteiger partial charge on any atom is 0.337 e. The van der Waals surface area contributed by atoms with Crippen LogP contribution in [-0.4, -0.2) is 50.1 Å². The zero-order chi connectivity index (χ0) is 19.7. The number of carbonyl (C=O) groups excluding carboxylic acids is 1. The van der Waals surface area contributed by atoms with E-state index in [2.05, 4.69) is 5.32 Å². The third-order valence-electron chi connectivity index (χ3n) is 6.92. The Labute approximate surface area is 166 Å². The number of methoxy groups -OCH3 is 2. The second-order valence-corrected chi connectivity index (χ2v) is 9.04. The fourth-order valence-electron chi connectivity index (χ4n) is 6.10. The van der Waals surface area contributed by atoms with E-state index in [9.17, 15) is 9.90 Å². The second kappa shape index (κ2) is 7.91. The highest BCUT2D eigenvalue weighted by Crippen LogP contribution is 2.54. The number of hydrogen-bond donors (Lipinski definition) is 2. The van der Waals surface area contributed by atoms with Gasteiger partial charge in [0.05, 0.1) is 25.3 Å². The Morgan fingerprint density at radius 1 is 1.14 bits per heavy atom. The van der Waals surface area contributed by atoms with Crippen molar-refractivity contribution in [2.24, 2.45) is 17.8 Å². The average Bonchev–Trinajstić information content (AvgIpc) is 2.69. The summed E-state index contributed by atoms with van der Waals surface area (Å²) in [6.45, 7) is 0.867. The van der Waals surface area contributed by atoms with Crippen molar-refractivity contribution in [2.45, 2.75) is 50.2 Å². The molecule has 0 heterocycles. The third kappa shape index (κ3) is 3.98. The predicted octanol–water partition coefficient (Wildman–Crippen LogP) is 1.75. The molecule has 154 valence electrons. The van der Waals surface area contributed by atoms with E-state index in [1.807, 2.05) is 0 Å². The Hall–Kier alpha value is -1.79. The molecule has 3 N–H and O–H groups in total. The van der Waals surface area contributed by atoms with Gasteiger partial charge in [-0.25, -0.2) is 4.79 Å². The Balaban J connectivity index is 1.30. The van der Waals surface area contributed by atoms with Gasteiger partial charge in [0.2, 0.25) is 0 Å². The average molecular weight is 391 g/mol. The first-order chi connectivity index (χ1) is 13.5. The van der Waals surface area contributed by atoms with Crippen molar-refractivity contribution in [1.29, 1.82) is 0 Å². The van der Waals surface area contributed by atoms with Gasteiger partial charge in [0, 0.05) is 19.3 Å². The molecule has 4 aliphatic rings. The molecule has 0 unspecified atom stereocenters. The SMILES string of the molecule is COC(=O)c1ccc(OC[C@@H](O)C[NH2+]C23CC4CC(CC(C4)C2)C3)c(OC)c1. The predicted molar refractivity (Wildman–Crippen MR) is 104 cm³/mol. The van der Waals surface area contributed by atoms with E-state index in [1.54, 1.807) is 18.2 Å². The second-order valence-electron chi connectivity index (χ2n) is 9.04. The molecule has 0 amide bonds. The first kappa shape index (κ1) is 19.5. The molecule has 1 atom stereocenters. The largest absolute Gasteiger partial charge is 0.493 e. The van der Waals surface area contributed by atoms with Gasteiger partial charge in [0.15, 0.2) is 11.5 Å². The zero-order valence-electron chi connectivity index (χ0n) is 16.9. The van der Waals surface area contributed by atoms with E-state index in [0.717, 1.165) is 17.8 Å². The number of aliphatic hydroxyl groups is 1. The van der Waals surface area contributed by atoms with Gasteiger partial charge in [-0.15, -0.1) is 0 Å². The highest BCUT2D eigenvalue weighted by Gasteiger charge is 2.53. The zero-order valence-corrected chi connectivity index (χ0v) is 16.9. The van der Waals surface area contributed by atoms with Crippen LogP contribution in [0.2, 0.25) is 0 Å². The molecule has 0 saturated heterocycles. The van der Waals surface area contributed by atoms with Crippen LogP contribution in [0.5, 0.6) is 11.5 Å². The summed E-state index contributed by atoms with van der Waals surface area (Å²) >= 11 is 0. The molecule has 0 spiro atoms. The van der Waals surface area contributed by atoms with Gasteiger partial charge in [0.25, 0.3) is 0 Å². The van der Waals surface area contributed by atoms with E-state index in [0.29, 0.717) is 29.1 Å². The third-order valence-corrected chi connectivity index (χ3v) is 6.92. The Kier molecular flexibility index (Phi) is 5.52. The van der Waals surface area contributed by atoms with Crippen LogP contribution in [-0.2, 0) is 4.74 Å². The van der Waals surface area contributed by atoms with Crippen molar-refractivity contribution in [3.63, 3.8) is 0 Å². The quantitative estimate of drug-likeness (QED) is 0.661. The van der Waals surface area contributed by atoms with Crippen LogP contribution < -0.4 is 14.8 Å². The maximum atomic E-state index is 11.6. The van der Waals surface area contributed by atoms with Crippen LogP contribution in [0.3, 0.4) is 0 Å². The van der Waals surface area contributed by atoms with Crippen molar-refractivity contribution in [1.82, 2.24) is 0 Å². The number of esters is 1. The molecule has 0 aliphatic heterocycles. The highest BCUT2D eigenvalue weighted by molar-refractivity contribution is 5.90. The maximum absolute atomic E-state index is 11.6. The number of ether oxygens (including phenoxy) is 3. The summed E-state index contributed by atoms with van der Waals surface area (Å²) in [5.41, 5.74) is 0.762. The summed E-state index contributed by atoms with van der Waals surface area (Å²) < 4.78 is 15.8. The minimum Gasteiger partial charge on any atom is -0.493 e. The number of nitrogens with two attached hydrogens (primary N) is 1. The first-order valence-electron chi connectivity index (χ1n) is 10.4. The summed E-state index contributed by atoms with van der Waals surface area (Å²) in [5.74, 6) is 3.29. The van der Waals surface area contributed by atoms with E-state index in [4.69, 9.17) is 14.2 Å². The summed E-state index contributed by atoms with van der Waals surface area (Å²) in [5, 5.41) is 12.9. The molecule has 6 nitrogen and oxygen atoms in total. The van der Waals surface area contributed by atoms with E-state index in [1.165, 1.54) is 52.7 Å². The number of rotatable bonds is 8. The van der Waals surface area contributed by atoms with Gasteiger partial charge in [-0.1, -0.05) is 0 Å². The van der Waals surface area contributed by atoms with Gasteiger partial charge in [0.1, 0.15) is 19.3 Å². The molecule has 4 aliphatic carbocycles. The molecule has 1 aromatic carbocycles. The van der Waals surface area contributed by atoms with Crippen LogP contribution in [0.25, 0.3) is 0 Å². The highest BCUT2D eigenvalue weighted by atomic mass is 16.5. The number of carbonyl (C=O) groups is 1. The van der Waals surface area contributed by atoms with Crippen LogP contribution >= 0.6 is 0 Å². The van der Waals surface area contributed by atoms with Gasteiger partial charge in [-0.05, 0) is 55.2 Å². The molecule has 0 radical (unpaired) electrons. The van der Waals surface area contributed by atoms with Crippen LogP contribution in [0.4, 0.5) is 0 Å². The lowest BCUT2D eigenvalue weighted by Gasteiger charge is -2.54. The van der Waals surface area contributed by atoms with Crippen molar-refractivity contribution >= 4 is 5.97 Å². The lowest BCUT2D eigenvalue weighted by atomic mass is 9.53. The summed E-state index contributed by atoms with van der Waals surface area (Å²) in [6.07, 6.45) is 7.69. The van der Waals surface area contributed by atoms with E-state index >= 15 is 0 Å². The summed E-state index contributed by atoms with van der Waals surface area (Å²) in [4.78, 5) is 11.6. The van der Waals surface area contributed by atoms with E-state index in [-0.39, 0.29) is 6.61 Å². The molecule has 5 rings (SSSR count). The Morgan fingerprint density at radius 2 is 1.79 bits per heavy atom. The molecule has 4 fully saturated rings. The smallest absolute Gasteiger partial charge is 0.337 e. The molecule has 4 saturated carbocycles. The standard InChI is InChI=1S/C22H31NO5/c1-26-20-8-17(21(25)27-2)3-4-19(20)28-13-18(24)12-23-22-9-14-5-15(10-22)7-16(6-14)11-22/h3-4,8,14-16,18,23-24H,5-7,9-13H2,1-2H3/p+1/t14?,15?,16?,18-,22?/m0/s1. The Morgan fingerprint density at radius 3 is 2.36 bits per heavy atom. The molecular formula is C22H32NO5+. The molecule has 4 bridgehead atoms. The lowest BCUT2D eigenvalue weighted by molar-refractivity contribution is -0.743. The topological polar surface area (TPSA) is 81.6 Å². The number of hydrogen-bond acceptors (Lipinski definition) is 5. The first-order valence-corrected chi connectivity index (χ1v) is 10.4. The monoisotopic (exact) mass is 390 g/mol. The minimum absolute atomic E-state index is 0.205. The molecular weight excluding hydrogens is 358 g/mol. The van der Waals surface area contributed by atoms with Gasteiger partial charge < -0.3 is 24.6 Å². The van der Waals surface area contributed by atoms with Crippen molar-refractivity contribution in [3.05, 3.63) is 23.8 Å². The minimum atomic E-state index is -0.544.